The molecule has 0 radical (unpaired) electrons. The van der Waals surface area contributed by atoms with Gasteiger partial charge in [0.1, 0.15) is 19.2 Å². The molecule has 11 aromatic rings. The summed E-state index contributed by atoms with van der Waals surface area (Å²) in [6.07, 6.45) is 0. The normalized spacial score (nSPS) is 11.8. The van der Waals surface area contributed by atoms with Gasteiger partial charge >= 0.3 is 0 Å². The summed E-state index contributed by atoms with van der Waals surface area (Å²) in [5.74, 6) is 0. The Labute approximate surface area is 372 Å². The molecule has 0 saturated carbocycles. The molecule has 304 valence electrons. The molecular weight excluding hydrogens is 808 g/mol. The van der Waals surface area contributed by atoms with E-state index in [2.05, 4.69) is 236 Å². The van der Waals surface area contributed by atoms with Gasteiger partial charge in [-0.1, -0.05) is 164 Å². The summed E-state index contributed by atoms with van der Waals surface area (Å²) >= 11 is 8.18. The summed E-state index contributed by atoms with van der Waals surface area (Å²) in [5, 5.41) is 8.58. The van der Waals surface area contributed by atoms with E-state index < -0.39 is 8.07 Å². The number of halogens is 1. The van der Waals surface area contributed by atoms with Crippen molar-refractivity contribution in [3.8, 4) is 0 Å². The van der Waals surface area contributed by atoms with Crippen molar-refractivity contribution in [2.75, 3.05) is 9.80 Å². The van der Waals surface area contributed by atoms with Gasteiger partial charge in [-0.2, -0.15) is 0 Å². The van der Waals surface area contributed by atoms with Crippen molar-refractivity contribution in [1.82, 2.24) is 0 Å². The second-order valence-corrected chi connectivity index (χ2v) is 20.9. The minimum Gasteiger partial charge on any atom is -0.454 e. The number of fused-ring (bicyclic) bond motifs is 6. The quantitative estimate of drug-likeness (QED) is 0.107. The molecule has 0 fully saturated rings. The minimum atomic E-state index is -2.79. The van der Waals surface area contributed by atoms with Gasteiger partial charge in [0.05, 0.1) is 27.8 Å². The molecule has 2 heterocycles. The maximum Gasteiger partial charge on any atom is 0.159 e. The van der Waals surface area contributed by atoms with Crippen LogP contribution in [0.25, 0.3) is 43.9 Å². The first-order valence-corrected chi connectivity index (χ1v) is 24.2. The molecule has 0 spiro atoms. The van der Waals surface area contributed by atoms with Gasteiger partial charge in [0.15, 0.2) is 11.2 Å². The third-order valence-electron chi connectivity index (χ3n) is 12.6. The van der Waals surface area contributed by atoms with Crippen molar-refractivity contribution in [2.24, 2.45) is 0 Å². The molecule has 0 aliphatic heterocycles. The van der Waals surface area contributed by atoms with Gasteiger partial charge in [-0.25, -0.2) is 0 Å². The molecule has 9 aromatic carbocycles. The van der Waals surface area contributed by atoms with E-state index in [9.17, 15) is 0 Å². The standard InChI is InChI=1S/C57H43ClN2O2Si/c1-38-30-32-45-47-26-16-28-49(56(47)61-53(45)34-38)59(40-18-8-4-9-19-40)51-36-44(63(3,42-22-12-6-13-23-42)43-24-14-7-15-25-43)37-52(55(51)58)60(41-20-10-5-11-21-41)50-29-17-27-48-46-33-31-39(2)35-54(46)62-57(48)50/h4-37H,1-3H3. The number of hydrogen-bond donors (Lipinski definition) is 0. The zero-order chi connectivity index (χ0) is 42.7. The van der Waals surface area contributed by atoms with E-state index >= 15 is 0 Å². The molecule has 0 bridgehead atoms. The number of hydrogen-bond acceptors (Lipinski definition) is 4. The Morgan fingerprint density at radius 1 is 0.381 bits per heavy atom. The number of para-hydroxylation sites is 4. The molecule has 0 aliphatic rings. The first-order chi connectivity index (χ1) is 30.9. The Hall–Kier alpha value is -7.31. The van der Waals surface area contributed by atoms with Crippen molar-refractivity contribution in [3.63, 3.8) is 0 Å². The van der Waals surface area contributed by atoms with E-state index in [0.717, 1.165) is 89.1 Å². The van der Waals surface area contributed by atoms with Crippen LogP contribution in [0.2, 0.25) is 11.6 Å². The average molecular weight is 852 g/mol. The van der Waals surface area contributed by atoms with Gasteiger partial charge in [-0.05, 0) is 101 Å². The van der Waals surface area contributed by atoms with Gasteiger partial charge in [0.2, 0.25) is 0 Å². The fourth-order valence-corrected chi connectivity index (χ4v) is 13.2. The molecule has 0 amide bonds. The van der Waals surface area contributed by atoms with Gasteiger partial charge in [0, 0.05) is 32.9 Å². The van der Waals surface area contributed by atoms with Gasteiger partial charge in [-0.3, -0.25) is 0 Å². The van der Waals surface area contributed by atoms with E-state index in [1.54, 1.807) is 0 Å². The topological polar surface area (TPSA) is 32.8 Å². The van der Waals surface area contributed by atoms with E-state index in [0.29, 0.717) is 5.02 Å². The molecule has 0 unspecified atom stereocenters. The smallest absolute Gasteiger partial charge is 0.159 e. The Bertz CT molecular complexity index is 3230. The van der Waals surface area contributed by atoms with Gasteiger partial charge < -0.3 is 18.6 Å². The van der Waals surface area contributed by atoms with Crippen molar-refractivity contribution < 1.29 is 8.83 Å². The third kappa shape index (κ3) is 6.51. The van der Waals surface area contributed by atoms with E-state index in [4.69, 9.17) is 20.4 Å². The maximum atomic E-state index is 8.18. The highest BCUT2D eigenvalue weighted by Gasteiger charge is 2.37. The van der Waals surface area contributed by atoms with Gasteiger partial charge in [0.25, 0.3) is 0 Å². The lowest BCUT2D eigenvalue weighted by Gasteiger charge is -2.35. The van der Waals surface area contributed by atoms with Crippen molar-refractivity contribution in [2.45, 2.75) is 20.4 Å². The lowest BCUT2D eigenvalue weighted by Crippen LogP contribution is -2.64. The van der Waals surface area contributed by atoms with Gasteiger partial charge in [-0.15, -0.1) is 0 Å². The lowest BCUT2D eigenvalue weighted by atomic mass is 10.1. The largest absolute Gasteiger partial charge is 0.454 e. The highest BCUT2D eigenvalue weighted by atomic mass is 35.5. The monoisotopic (exact) mass is 850 g/mol. The summed E-state index contributed by atoms with van der Waals surface area (Å²) in [7, 11) is -2.79. The van der Waals surface area contributed by atoms with E-state index in [1.807, 2.05) is 0 Å². The van der Waals surface area contributed by atoms with Crippen LogP contribution >= 0.6 is 11.6 Å². The molecular formula is C57H43ClN2O2Si. The Morgan fingerprint density at radius 3 is 1.19 bits per heavy atom. The molecule has 0 atom stereocenters. The van der Waals surface area contributed by atoms with Crippen LogP contribution in [0.15, 0.2) is 215 Å². The van der Waals surface area contributed by atoms with Crippen LogP contribution in [0, 0.1) is 13.8 Å². The zero-order valence-electron chi connectivity index (χ0n) is 35.2. The first kappa shape index (κ1) is 38.6. The minimum absolute atomic E-state index is 0.580. The number of nitrogens with zero attached hydrogens (tertiary/aromatic N) is 2. The number of rotatable bonds is 9. The molecule has 0 saturated heterocycles. The highest BCUT2D eigenvalue weighted by Crippen LogP contribution is 2.50. The molecule has 11 rings (SSSR count). The third-order valence-corrected chi connectivity index (χ3v) is 17.4. The predicted molar refractivity (Wildman–Crippen MR) is 268 cm³/mol. The summed E-state index contributed by atoms with van der Waals surface area (Å²) in [5.41, 5.74) is 10.9. The zero-order valence-corrected chi connectivity index (χ0v) is 37.0. The molecule has 6 heteroatoms. The Morgan fingerprint density at radius 2 is 0.778 bits per heavy atom. The van der Waals surface area contributed by atoms with E-state index in [1.165, 1.54) is 15.6 Å². The molecule has 0 N–H and O–H groups in total. The molecule has 0 aliphatic carbocycles. The molecule has 63 heavy (non-hydrogen) atoms. The fourth-order valence-electron chi connectivity index (χ4n) is 9.35. The Balaban J connectivity index is 1.27. The van der Waals surface area contributed by atoms with Crippen LogP contribution < -0.4 is 25.4 Å². The lowest BCUT2D eigenvalue weighted by molar-refractivity contribution is 0.668. The van der Waals surface area contributed by atoms with Crippen LogP contribution in [0.4, 0.5) is 34.1 Å². The molecule has 2 aromatic heterocycles. The average Bonchev–Trinajstić information content (AvgIpc) is 3.89. The Kier molecular flexibility index (Phi) is 9.53. The van der Waals surface area contributed by atoms with Crippen LogP contribution in [0.1, 0.15) is 11.1 Å². The number of furan rings is 2. The van der Waals surface area contributed by atoms with Crippen LogP contribution in [-0.2, 0) is 0 Å². The van der Waals surface area contributed by atoms with Crippen molar-refractivity contribution >= 4 is 113 Å². The summed E-state index contributed by atoms with van der Waals surface area (Å²) in [4.78, 5) is 4.57. The highest BCUT2D eigenvalue weighted by molar-refractivity contribution is 7.10. The first-order valence-electron chi connectivity index (χ1n) is 21.4. The predicted octanol–water partition coefficient (Wildman–Crippen LogP) is 14.8. The van der Waals surface area contributed by atoms with Crippen molar-refractivity contribution in [3.05, 3.63) is 222 Å². The summed E-state index contributed by atoms with van der Waals surface area (Å²) < 4.78 is 13.7. The maximum absolute atomic E-state index is 8.18. The van der Waals surface area contributed by atoms with Crippen LogP contribution in [0.3, 0.4) is 0 Å². The van der Waals surface area contributed by atoms with Crippen LogP contribution in [-0.4, -0.2) is 8.07 Å². The summed E-state index contributed by atoms with van der Waals surface area (Å²) in [6.45, 7) is 6.66. The second-order valence-electron chi connectivity index (χ2n) is 16.5. The van der Waals surface area contributed by atoms with Crippen molar-refractivity contribution in [1.29, 1.82) is 0 Å². The molecule has 4 nitrogen and oxygen atoms in total. The van der Waals surface area contributed by atoms with E-state index in [-0.39, 0.29) is 0 Å². The fraction of sp³-hybridized carbons (Fsp3) is 0.0526. The number of benzene rings is 9. The SMILES string of the molecule is Cc1ccc2c(c1)oc1c(N(c3ccccc3)c3cc([Si](C)(c4ccccc4)c4ccccc4)cc(N(c4ccccc4)c4cccc5c4oc4cc(C)ccc45)c3Cl)cccc12. The van der Waals surface area contributed by atoms with Crippen LogP contribution in [0.5, 0.6) is 0 Å². The second kappa shape index (κ2) is 15.5. The number of anilines is 6. The summed E-state index contributed by atoms with van der Waals surface area (Å²) in [6, 6.07) is 73.3. The number of aryl methyl sites for hydroxylation is 2.